The molecule has 2 aromatic rings. The fourth-order valence-electron chi connectivity index (χ4n) is 3.55. The topological polar surface area (TPSA) is 79.3 Å². The molecule has 0 saturated carbocycles. The molecule has 7 heteroatoms. The number of carbonyl (C=O) groups excluding carboxylic acids is 3. The van der Waals surface area contributed by atoms with Crippen LogP contribution in [-0.2, 0) is 14.4 Å². The molecule has 0 bridgehead atoms. The second-order valence-corrected chi connectivity index (χ2v) is 6.33. The predicted molar refractivity (Wildman–Crippen MR) is 99.8 cm³/mol. The van der Waals surface area contributed by atoms with E-state index >= 15 is 0 Å². The van der Waals surface area contributed by atoms with Gasteiger partial charge in [0.15, 0.2) is 5.78 Å². The first-order valence-corrected chi connectivity index (χ1v) is 8.49. The van der Waals surface area contributed by atoms with Gasteiger partial charge in [0.2, 0.25) is 5.91 Å². The fraction of sp³-hybridized carbons (Fsp3) is 0.200. The third-order valence-electron chi connectivity index (χ3n) is 4.76. The summed E-state index contributed by atoms with van der Waals surface area (Å²) in [5.74, 6) is -1.75. The van der Waals surface area contributed by atoms with Crippen LogP contribution in [0.4, 0.5) is 11.4 Å². The number of benzene rings is 2. The first-order valence-electron chi connectivity index (χ1n) is 8.49. The summed E-state index contributed by atoms with van der Waals surface area (Å²) in [7, 11) is 1.48. The normalized spacial score (nSPS) is 21.3. The second-order valence-electron chi connectivity index (χ2n) is 6.33. The standard InChI is InChI=1S/C20H17N3O4/c1-12(24)17-16-18(23(21-17)13-8-4-3-5-9-13)20(26)22(19(16)25)14-10-6-7-11-15(14)27-2/h3-11,16,18H,1-2H3/t16-,18-/m1/s1. The van der Waals surface area contributed by atoms with Gasteiger partial charge < -0.3 is 4.74 Å². The molecule has 4 rings (SSSR count). The number of rotatable bonds is 4. The first-order chi connectivity index (χ1) is 13.0. The van der Waals surface area contributed by atoms with E-state index in [0.29, 0.717) is 17.1 Å². The Morgan fingerprint density at radius 2 is 1.67 bits per heavy atom. The van der Waals surface area contributed by atoms with Crippen LogP contribution in [0.15, 0.2) is 59.7 Å². The molecular formula is C20H17N3O4. The van der Waals surface area contributed by atoms with E-state index in [1.165, 1.54) is 19.0 Å². The van der Waals surface area contributed by atoms with Crippen LogP contribution in [0.25, 0.3) is 0 Å². The lowest BCUT2D eigenvalue weighted by Crippen LogP contribution is -2.39. The van der Waals surface area contributed by atoms with Crippen molar-refractivity contribution in [3.63, 3.8) is 0 Å². The molecular weight excluding hydrogens is 346 g/mol. The number of amides is 2. The molecule has 0 spiro atoms. The van der Waals surface area contributed by atoms with Crippen LogP contribution in [0.2, 0.25) is 0 Å². The molecule has 27 heavy (non-hydrogen) atoms. The van der Waals surface area contributed by atoms with Gasteiger partial charge in [-0.1, -0.05) is 30.3 Å². The summed E-state index contributed by atoms with van der Waals surface area (Å²) >= 11 is 0. The van der Waals surface area contributed by atoms with Gasteiger partial charge in [-0.05, 0) is 24.3 Å². The van der Waals surface area contributed by atoms with Crippen LogP contribution in [0.3, 0.4) is 0 Å². The smallest absolute Gasteiger partial charge is 0.260 e. The molecule has 2 aliphatic rings. The lowest BCUT2D eigenvalue weighted by molar-refractivity contribution is -0.122. The van der Waals surface area contributed by atoms with Crippen LogP contribution in [-0.4, -0.2) is 36.5 Å². The summed E-state index contributed by atoms with van der Waals surface area (Å²) < 4.78 is 5.31. The van der Waals surface area contributed by atoms with E-state index in [1.54, 1.807) is 36.4 Å². The monoisotopic (exact) mass is 363 g/mol. The van der Waals surface area contributed by atoms with Gasteiger partial charge >= 0.3 is 0 Å². The molecule has 0 aliphatic carbocycles. The molecule has 2 aromatic carbocycles. The van der Waals surface area contributed by atoms with Gasteiger partial charge in [-0.2, -0.15) is 5.10 Å². The van der Waals surface area contributed by atoms with Crippen molar-refractivity contribution < 1.29 is 19.1 Å². The number of imide groups is 1. The van der Waals surface area contributed by atoms with Gasteiger partial charge in [-0.25, -0.2) is 4.90 Å². The molecule has 2 aliphatic heterocycles. The molecule has 0 radical (unpaired) electrons. The number of para-hydroxylation sites is 3. The Kier molecular flexibility index (Phi) is 3.99. The average Bonchev–Trinajstić information content (AvgIpc) is 3.20. The zero-order valence-corrected chi connectivity index (χ0v) is 14.8. The zero-order valence-electron chi connectivity index (χ0n) is 14.8. The summed E-state index contributed by atoms with van der Waals surface area (Å²) in [4.78, 5) is 39.6. The minimum Gasteiger partial charge on any atom is -0.495 e. The van der Waals surface area contributed by atoms with E-state index < -0.39 is 23.8 Å². The highest BCUT2D eigenvalue weighted by Gasteiger charge is 2.58. The van der Waals surface area contributed by atoms with E-state index in [-0.39, 0.29) is 11.5 Å². The van der Waals surface area contributed by atoms with Crippen molar-refractivity contribution in [2.45, 2.75) is 13.0 Å². The number of methoxy groups -OCH3 is 1. The van der Waals surface area contributed by atoms with Gasteiger partial charge in [0.1, 0.15) is 23.4 Å². The average molecular weight is 363 g/mol. The Morgan fingerprint density at radius 1 is 1.00 bits per heavy atom. The quantitative estimate of drug-likeness (QED) is 0.777. The number of fused-ring (bicyclic) bond motifs is 1. The number of hydrazone groups is 1. The third-order valence-corrected chi connectivity index (χ3v) is 4.76. The van der Waals surface area contributed by atoms with E-state index in [9.17, 15) is 14.4 Å². The number of nitrogens with zero attached hydrogens (tertiary/aromatic N) is 3. The van der Waals surface area contributed by atoms with Crippen molar-refractivity contribution in [3.05, 3.63) is 54.6 Å². The highest BCUT2D eigenvalue weighted by Crippen LogP contribution is 2.40. The molecule has 2 amide bonds. The van der Waals surface area contributed by atoms with E-state index in [2.05, 4.69) is 5.10 Å². The Hall–Kier alpha value is -3.48. The van der Waals surface area contributed by atoms with Crippen LogP contribution >= 0.6 is 0 Å². The number of hydrogen-bond acceptors (Lipinski definition) is 6. The molecule has 136 valence electrons. The van der Waals surface area contributed by atoms with Gasteiger partial charge in [0.05, 0.1) is 18.5 Å². The maximum absolute atomic E-state index is 13.2. The molecule has 1 fully saturated rings. The number of ether oxygens (including phenoxy) is 1. The molecule has 0 unspecified atom stereocenters. The number of Topliss-reactive ketones (excluding diaryl/α,β-unsaturated/α-hetero) is 1. The lowest BCUT2D eigenvalue weighted by Gasteiger charge is -2.22. The van der Waals surface area contributed by atoms with Crippen molar-refractivity contribution in [3.8, 4) is 5.75 Å². The predicted octanol–water partition coefficient (Wildman–Crippen LogP) is 2.02. The van der Waals surface area contributed by atoms with Crippen molar-refractivity contribution in [2.75, 3.05) is 17.0 Å². The summed E-state index contributed by atoms with van der Waals surface area (Å²) in [6.07, 6.45) is 0. The van der Waals surface area contributed by atoms with Crippen LogP contribution < -0.4 is 14.6 Å². The van der Waals surface area contributed by atoms with Gasteiger partial charge in [-0.15, -0.1) is 0 Å². The van der Waals surface area contributed by atoms with Crippen LogP contribution in [0.5, 0.6) is 5.75 Å². The number of carbonyl (C=O) groups is 3. The zero-order chi connectivity index (χ0) is 19.1. The highest BCUT2D eigenvalue weighted by atomic mass is 16.5. The Labute approximate surface area is 155 Å². The van der Waals surface area contributed by atoms with Crippen LogP contribution in [0.1, 0.15) is 6.92 Å². The van der Waals surface area contributed by atoms with Crippen molar-refractivity contribution >= 4 is 34.7 Å². The van der Waals surface area contributed by atoms with E-state index in [1.807, 2.05) is 18.2 Å². The summed E-state index contributed by atoms with van der Waals surface area (Å²) in [5.41, 5.74) is 1.10. The minimum atomic E-state index is -0.930. The first kappa shape index (κ1) is 17.0. The van der Waals surface area contributed by atoms with Gasteiger partial charge in [0.25, 0.3) is 5.91 Å². The molecule has 1 saturated heterocycles. The van der Waals surface area contributed by atoms with Gasteiger partial charge in [-0.3, -0.25) is 19.4 Å². The minimum absolute atomic E-state index is 0.0969. The second kappa shape index (κ2) is 6.35. The summed E-state index contributed by atoms with van der Waals surface area (Å²) in [6.45, 7) is 1.36. The molecule has 7 nitrogen and oxygen atoms in total. The highest BCUT2D eigenvalue weighted by molar-refractivity contribution is 6.49. The molecule has 0 N–H and O–H groups in total. The van der Waals surface area contributed by atoms with Crippen LogP contribution in [0, 0.1) is 5.92 Å². The van der Waals surface area contributed by atoms with Crippen molar-refractivity contribution in [1.29, 1.82) is 0 Å². The SMILES string of the molecule is COc1ccccc1N1C(=O)[C@@H]2C(C(C)=O)=NN(c3ccccc3)[C@H]2C1=O. The van der Waals surface area contributed by atoms with E-state index in [4.69, 9.17) is 4.74 Å². The number of ketones is 1. The van der Waals surface area contributed by atoms with Crippen molar-refractivity contribution in [2.24, 2.45) is 11.0 Å². The Balaban J connectivity index is 1.82. The largest absolute Gasteiger partial charge is 0.495 e. The fourth-order valence-corrected chi connectivity index (χ4v) is 3.55. The third kappa shape index (κ3) is 2.51. The summed E-state index contributed by atoms with van der Waals surface area (Å²) in [6, 6.07) is 15.0. The number of anilines is 2. The Morgan fingerprint density at radius 3 is 2.33 bits per heavy atom. The summed E-state index contributed by atoms with van der Waals surface area (Å²) in [5, 5.41) is 5.78. The maximum atomic E-state index is 13.2. The maximum Gasteiger partial charge on any atom is 0.260 e. The van der Waals surface area contributed by atoms with Crippen molar-refractivity contribution in [1.82, 2.24) is 0 Å². The number of hydrogen-bond donors (Lipinski definition) is 0. The molecule has 2 heterocycles. The lowest BCUT2D eigenvalue weighted by atomic mass is 9.95. The molecule has 0 aromatic heterocycles. The van der Waals surface area contributed by atoms with Gasteiger partial charge in [0, 0.05) is 6.92 Å². The Bertz CT molecular complexity index is 970. The van der Waals surface area contributed by atoms with E-state index in [0.717, 1.165) is 4.90 Å². The molecule has 2 atom stereocenters.